The molecule has 202 valence electrons. The topological polar surface area (TPSA) is 73.5 Å². The van der Waals surface area contributed by atoms with Crippen LogP contribution in [0.1, 0.15) is 37.3 Å². The van der Waals surface area contributed by atoms with Crippen molar-refractivity contribution in [3.63, 3.8) is 0 Å². The minimum Gasteiger partial charge on any atom is -0.748 e. The van der Waals surface area contributed by atoms with Crippen LogP contribution >= 0.6 is 11.3 Å². The van der Waals surface area contributed by atoms with E-state index in [1.54, 1.807) is 11.3 Å². The molecule has 0 amide bonds. The average molecular weight is 561 g/mol. The summed E-state index contributed by atoms with van der Waals surface area (Å²) in [5, 5.41) is 1.17. The number of allylic oxidation sites excluding steroid dienone is 2. The van der Waals surface area contributed by atoms with Crippen LogP contribution in [0, 0.1) is 6.92 Å². The van der Waals surface area contributed by atoms with Crippen molar-refractivity contribution < 1.29 is 22.3 Å². The average Bonchev–Trinajstić information content (AvgIpc) is 3.42. The SMILES string of the molecule is CC[n+]1c(/C=C(C)/C=C2\Oc3ccc(-c4ccccc4)cc3N2CCCCS(=O)(=O)[O-])sc2ccc(C)cc21. The first-order chi connectivity index (χ1) is 18.7. The number of hydrogen-bond donors (Lipinski definition) is 0. The summed E-state index contributed by atoms with van der Waals surface area (Å²) in [6, 6.07) is 22.8. The van der Waals surface area contributed by atoms with Gasteiger partial charge in [-0.3, -0.25) is 0 Å². The number of ether oxygens (including phenoxy) is 1. The van der Waals surface area contributed by atoms with Gasteiger partial charge in [0.15, 0.2) is 5.75 Å². The summed E-state index contributed by atoms with van der Waals surface area (Å²) in [5.41, 5.74) is 6.63. The van der Waals surface area contributed by atoms with E-state index in [2.05, 4.69) is 72.7 Å². The molecule has 0 N–H and O–H groups in total. The standard InChI is InChI=1S/C31H32N2O4S2/c1-4-32-27-18-22(2)12-15-29(27)38-31(32)20-23(3)19-30-33(16-8-9-17-39(34,35)36)26-21-25(13-14-28(26)37-30)24-10-6-5-7-11-24/h5-7,10-15,18-21H,4,8-9,16-17H2,1-3H3. The van der Waals surface area contributed by atoms with Gasteiger partial charge in [-0.25, -0.2) is 8.42 Å². The molecule has 1 aromatic heterocycles. The van der Waals surface area contributed by atoms with Gasteiger partial charge in [0.25, 0.3) is 5.01 Å². The van der Waals surface area contributed by atoms with E-state index in [1.165, 1.54) is 20.8 Å². The number of rotatable bonds is 9. The van der Waals surface area contributed by atoms with Crippen LogP contribution in [-0.2, 0) is 16.7 Å². The molecule has 0 aliphatic carbocycles. The lowest BCUT2D eigenvalue weighted by atomic mass is 10.0. The Hall–Kier alpha value is -3.46. The van der Waals surface area contributed by atoms with Gasteiger partial charge in [0.05, 0.1) is 15.8 Å². The number of anilines is 1. The van der Waals surface area contributed by atoms with Crippen LogP contribution in [0.15, 0.2) is 84.3 Å². The van der Waals surface area contributed by atoms with E-state index in [4.69, 9.17) is 4.74 Å². The predicted octanol–water partition coefficient (Wildman–Crippen LogP) is 6.65. The molecule has 0 saturated carbocycles. The van der Waals surface area contributed by atoms with Gasteiger partial charge in [-0.05, 0) is 74.1 Å². The van der Waals surface area contributed by atoms with E-state index in [9.17, 15) is 13.0 Å². The van der Waals surface area contributed by atoms with Crippen molar-refractivity contribution in [2.45, 2.75) is 40.2 Å². The van der Waals surface area contributed by atoms with E-state index < -0.39 is 10.1 Å². The number of unbranched alkanes of at least 4 members (excludes halogenated alkanes) is 1. The lowest BCUT2D eigenvalue weighted by Gasteiger charge is -2.19. The van der Waals surface area contributed by atoms with Gasteiger partial charge < -0.3 is 14.2 Å². The minimum atomic E-state index is -4.24. The molecule has 0 atom stereocenters. The van der Waals surface area contributed by atoms with Gasteiger partial charge in [-0.1, -0.05) is 53.8 Å². The van der Waals surface area contributed by atoms with E-state index in [0.29, 0.717) is 25.3 Å². The van der Waals surface area contributed by atoms with Gasteiger partial charge >= 0.3 is 0 Å². The third-order valence-electron chi connectivity index (χ3n) is 6.77. The molecule has 0 saturated heterocycles. The van der Waals surface area contributed by atoms with Gasteiger partial charge in [0.2, 0.25) is 11.4 Å². The molecule has 6 nitrogen and oxygen atoms in total. The van der Waals surface area contributed by atoms with E-state index in [-0.39, 0.29) is 5.75 Å². The third kappa shape index (κ3) is 6.24. The number of aryl methyl sites for hydroxylation is 2. The first kappa shape index (κ1) is 27.1. The lowest BCUT2D eigenvalue weighted by Crippen LogP contribution is -2.33. The Labute approximate surface area is 234 Å². The molecule has 0 bridgehead atoms. The predicted molar refractivity (Wildman–Crippen MR) is 158 cm³/mol. The van der Waals surface area contributed by atoms with Crippen LogP contribution in [0.4, 0.5) is 5.69 Å². The van der Waals surface area contributed by atoms with E-state index >= 15 is 0 Å². The fraction of sp³-hybridized carbons (Fsp3) is 0.258. The summed E-state index contributed by atoms with van der Waals surface area (Å²) < 4.78 is 43.3. The summed E-state index contributed by atoms with van der Waals surface area (Å²) >= 11 is 1.77. The molecule has 0 spiro atoms. The summed E-state index contributed by atoms with van der Waals surface area (Å²) in [4.78, 5) is 2.08. The third-order valence-corrected chi connectivity index (χ3v) is 8.67. The van der Waals surface area contributed by atoms with Gasteiger partial charge in [-0.2, -0.15) is 4.57 Å². The number of fused-ring (bicyclic) bond motifs is 2. The zero-order valence-corrected chi connectivity index (χ0v) is 24.0. The molecule has 1 aliphatic heterocycles. The van der Waals surface area contributed by atoms with E-state index in [0.717, 1.165) is 34.7 Å². The Kier molecular flexibility index (Phi) is 7.88. The molecule has 4 aromatic rings. The van der Waals surface area contributed by atoms with E-state index in [1.807, 2.05) is 36.4 Å². The second-order valence-corrected chi connectivity index (χ2v) is 12.4. The second kappa shape index (κ2) is 11.3. The number of aromatic nitrogens is 1. The summed E-state index contributed by atoms with van der Waals surface area (Å²) in [6.45, 7) is 7.74. The van der Waals surface area contributed by atoms with Crippen molar-refractivity contribution in [1.82, 2.24) is 0 Å². The first-order valence-corrected chi connectivity index (χ1v) is 15.5. The number of hydrogen-bond acceptors (Lipinski definition) is 6. The highest BCUT2D eigenvalue weighted by Gasteiger charge is 2.27. The van der Waals surface area contributed by atoms with Crippen molar-refractivity contribution in [1.29, 1.82) is 0 Å². The van der Waals surface area contributed by atoms with Crippen LogP contribution in [0.25, 0.3) is 27.4 Å². The number of thiazole rings is 1. The maximum atomic E-state index is 11.1. The van der Waals surface area contributed by atoms with Crippen molar-refractivity contribution in [2.75, 3.05) is 17.2 Å². The smallest absolute Gasteiger partial charge is 0.262 e. The molecule has 39 heavy (non-hydrogen) atoms. The molecule has 2 heterocycles. The minimum absolute atomic E-state index is 0.301. The van der Waals surface area contributed by atoms with Crippen LogP contribution in [0.2, 0.25) is 0 Å². The fourth-order valence-electron chi connectivity index (χ4n) is 4.87. The zero-order chi connectivity index (χ0) is 27.6. The molecule has 8 heteroatoms. The zero-order valence-electron chi connectivity index (χ0n) is 22.4. The largest absolute Gasteiger partial charge is 0.748 e. The van der Waals surface area contributed by atoms with Crippen molar-refractivity contribution in [3.8, 4) is 16.9 Å². The normalized spacial score (nSPS) is 14.7. The highest BCUT2D eigenvalue weighted by molar-refractivity contribution is 7.85. The molecule has 5 rings (SSSR count). The fourth-order valence-corrected chi connectivity index (χ4v) is 6.65. The molecular weight excluding hydrogens is 528 g/mol. The van der Waals surface area contributed by atoms with Crippen LogP contribution < -0.4 is 14.2 Å². The van der Waals surface area contributed by atoms with Gasteiger partial charge in [0, 0.05) is 30.5 Å². The Bertz CT molecular complexity index is 1670. The Morgan fingerprint density at radius 1 is 1.05 bits per heavy atom. The van der Waals surface area contributed by atoms with Gasteiger partial charge in [-0.15, -0.1) is 0 Å². The van der Waals surface area contributed by atoms with Crippen LogP contribution in [-0.4, -0.2) is 25.3 Å². The Morgan fingerprint density at radius 2 is 1.85 bits per heavy atom. The molecule has 1 aliphatic rings. The summed E-state index contributed by atoms with van der Waals surface area (Å²) in [7, 11) is -4.24. The maximum Gasteiger partial charge on any atom is 0.262 e. The molecule has 0 radical (unpaired) electrons. The van der Waals surface area contributed by atoms with Crippen LogP contribution in [0.3, 0.4) is 0 Å². The quantitative estimate of drug-likeness (QED) is 0.130. The Balaban J connectivity index is 1.48. The monoisotopic (exact) mass is 560 g/mol. The Morgan fingerprint density at radius 3 is 2.59 bits per heavy atom. The first-order valence-electron chi connectivity index (χ1n) is 13.1. The highest BCUT2D eigenvalue weighted by atomic mass is 32.2. The molecule has 0 fully saturated rings. The van der Waals surface area contributed by atoms with Crippen molar-refractivity contribution in [3.05, 3.63) is 94.8 Å². The van der Waals surface area contributed by atoms with Crippen molar-refractivity contribution in [2.24, 2.45) is 0 Å². The second-order valence-electron chi connectivity index (χ2n) is 9.80. The summed E-state index contributed by atoms with van der Waals surface area (Å²) in [5.74, 6) is 1.08. The number of nitrogens with zero attached hydrogens (tertiary/aromatic N) is 2. The summed E-state index contributed by atoms with van der Waals surface area (Å²) in [6.07, 6.45) is 5.06. The molecule has 3 aromatic carbocycles. The van der Waals surface area contributed by atoms with Crippen LogP contribution in [0.5, 0.6) is 5.75 Å². The van der Waals surface area contributed by atoms with Crippen molar-refractivity contribution >= 4 is 43.4 Å². The number of benzene rings is 3. The van der Waals surface area contributed by atoms with Gasteiger partial charge in [0.1, 0.15) is 11.2 Å². The molecular formula is C31H32N2O4S2. The molecule has 0 unspecified atom stereocenters. The maximum absolute atomic E-state index is 11.1. The highest BCUT2D eigenvalue weighted by Crippen LogP contribution is 2.42. The lowest BCUT2D eigenvalue weighted by molar-refractivity contribution is -0.665.